The number of guanidine groups is 1. The van der Waals surface area contributed by atoms with E-state index in [1.54, 1.807) is 22.7 Å². The van der Waals surface area contributed by atoms with Crippen LogP contribution in [0.25, 0.3) is 0 Å². The average Bonchev–Trinajstić information content (AvgIpc) is 3.24. The third-order valence-electron chi connectivity index (χ3n) is 3.62. The topological polar surface area (TPSA) is 70.6 Å². The van der Waals surface area contributed by atoms with Gasteiger partial charge in [0, 0.05) is 48.8 Å². The smallest absolute Gasteiger partial charge is 0.191 e. The second-order valence-corrected chi connectivity index (χ2v) is 7.11. The first-order chi connectivity index (χ1) is 10.8. The van der Waals surface area contributed by atoms with Crippen molar-refractivity contribution < 1.29 is 0 Å². The summed E-state index contributed by atoms with van der Waals surface area (Å²) in [5.74, 6) is 0.618. The molecule has 3 heterocycles. The van der Waals surface area contributed by atoms with Crippen LogP contribution in [0, 0.1) is 0 Å². The van der Waals surface area contributed by atoms with Crippen LogP contribution >= 0.6 is 22.7 Å². The van der Waals surface area contributed by atoms with E-state index in [1.807, 2.05) is 17.8 Å². The van der Waals surface area contributed by atoms with Gasteiger partial charge >= 0.3 is 0 Å². The highest BCUT2D eigenvalue weighted by molar-refractivity contribution is 7.13. The van der Waals surface area contributed by atoms with Gasteiger partial charge in [-0.3, -0.25) is 0 Å². The lowest BCUT2D eigenvalue weighted by atomic mass is 10.3. The number of rotatable bonds is 4. The molecule has 0 spiro atoms. The molecule has 0 aromatic carbocycles. The molecule has 0 bridgehead atoms. The molecule has 2 N–H and O–H groups in total. The Kier molecular flexibility index (Phi) is 4.89. The van der Waals surface area contributed by atoms with E-state index in [0.29, 0.717) is 12.5 Å². The first-order valence-electron chi connectivity index (χ1n) is 7.39. The molecule has 1 aliphatic rings. The van der Waals surface area contributed by atoms with Gasteiger partial charge in [-0.05, 0) is 6.42 Å². The summed E-state index contributed by atoms with van der Waals surface area (Å²) in [7, 11) is 0. The molecule has 0 atom stereocenters. The second-order valence-electron chi connectivity index (χ2n) is 5.04. The molecular weight excluding hydrogens is 316 g/mol. The van der Waals surface area contributed by atoms with Crippen LogP contribution in [-0.2, 0) is 13.0 Å². The van der Waals surface area contributed by atoms with Crippen molar-refractivity contribution in [2.45, 2.75) is 19.9 Å². The molecule has 1 saturated heterocycles. The maximum absolute atomic E-state index is 6.12. The van der Waals surface area contributed by atoms with Crippen LogP contribution in [0.4, 0.5) is 5.13 Å². The van der Waals surface area contributed by atoms with Gasteiger partial charge in [0.05, 0.1) is 6.54 Å². The molecule has 0 amide bonds. The first kappa shape index (κ1) is 15.2. The summed E-state index contributed by atoms with van der Waals surface area (Å²) in [5.41, 5.74) is 6.12. The van der Waals surface area contributed by atoms with Crippen molar-refractivity contribution in [1.29, 1.82) is 0 Å². The van der Waals surface area contributed by atoms with Gasteiger partial charge in [0.1, 0.15) is 5.01 Å². The molecule has 2 aromatic heterocycles. The maximum Gasteiger partial charge on any atom is 0.191 e. The summed E-state index contributed by atoms with van der Waals surface area (Å²) < 4.78 is 0. The van der Waals surface area contributed by atoms with Crippen molar-refractivity contribution in [2.75, 3.05) is 31.1 Å². The zero-order valence-corrected chi connectivity index (χ0v) is 14.2. The molecule has 2 aromatic rings. The fraction of sp³-hybridized carbons (Fsp3) is 0.500. The number of hydrogen-bond acceptors (Lipinski definition) is 6. The molecule has 118 valence electrons. The van der Waals surface area contributed by atoms with Gasteiger partial charge in [-0.25, -0.2) is 15.0 Å². The zero-order chi connectivity index (χ0) is 15.4. The zero-order valence-electron chi connectivity index (χ0n) is 12.6. The Morgan fingerprint density at radius 2 is 2.14 bits per heavy atom. The van der Waals surface area contributed by atoms with Crippen molar-refractivity contribution in [2.24, 2.45) is 10.7 Å². The highest BCUT2D eigenvalue weighted by atomic mass is 32.1. The summed E-state index contributed by atoms with van der Waals surface area (Å²) in [4.78, 5) is 18.9. The molecule has 0 saturated carbocycles. The Morgan fingerprint density at radius 3 is 2.77 bits per heavy atom. The van der Waals surface area contributed by atoms with Crippen LogP contribution in [0.3, 0.4) is 0 Å². The Balaban J connectivity index is 1.52. The van der Waals surface area contributed by atoms with Gasteiger partial charge in [0.2, 0.25) is 0 Å². The van der Waals surface area contributed by atoms with Gasteiger partial charge in [0.25, 0.3) is 0 Å². The highest BCUT2D eigenvalue weighted by Crippen LogP contribution is 2.19. The van der Waals surface area contributed by atoms with Gasteiger partial charge in [-0.15, -0.1) is 22.7 Å². The molecule has 22 heavy (non-hydrogen) atoms. The molecule has 1 fully saturated rings. The molecule has 6 nitrogen and oxygen atoms in total. The maximum atomic E-state index is 6.12. The summed E-state index contributed by atoms with van der Waals surface area (Å²) in [6.07, 6.45) is 4.80. The van der Waals surface area contributed by atoms with Gasteiger partial charge in [0.15, 0.2) is 11.1 Å². The van der Waals surface area contributed by atoms with Crippen LogP contribution in [0.5, 0.6) is 0 Å². The summed E-state index contributed by atoms with van der Waals surface area (Å²) in [5, 5.41) is 4.13. The number of thiazole rings is 2. The lowest BCUT2D eigenvalue weighted by Gasteiger charge is -2.35. The predicted octanol–water partition coefficient (Wildman–Crippen LogP) is 1.80. The Morgan fingerprint density at radius 1 is 1.32 bits per heavy atom. The van der Waals surface area contributed by atoms with E-state index >= 15 is 0 Å². The van der Waals surface area contributed by atoms with E-state index in [2.05, 4.69) is 31.7 Å². The molecule has 3 rings (SSSR count). The standard InChI is InChI=1S/C14H20N6S2/c1-2-11-9-17-12(22-11)10-18-13(15)19-4-6-20(7-5-19)14-16-3-8-21-14/h3,8-9H,2,4-7,10H2,1H3,(H2,15,18). The number of piperazine rings is 1. The molecule has 8 heteroatoms. The van der Waals surface area contributed by atoms with Gasteiger partial charge < -0.3 is 15.5 Å². The van der Waals surface area contributed by atoms with Crippen LogP contribution in [-0.4, -0.2) is 47.0 Å². The normalized spacial score (nSPS) is 16.3. The van der Waals surface area contributed by atoms with Gasteiger partial charge in [-0.2, -0.15) is 0 Å². The fourth-order valence-electron chi connectivity index (χ4n) is 2.33. The van der Waals surface area contributed by atoms with Crippen molar-refractivity contribution in [1.82, 2.24) is 14.9 Å². The third kappa shape index (κ3) is 3.56. The minimum absolute atomic E-state index is 0.573. The van der Waals surface area contributed by atoms with E-state index in [4.69, 9.17) is 5.73 Å². The van der Waals surface area contributed by atoms with Gasteiger partial charge in [-0.1, -0.05) is 6.92 Å². The Bertz CT molecular complexity index is 613. The summed E-state index contributed by atoms with van der Waals surface area (Å²) in [6.45, 7) is 6.34. The molecule has 0 radical (unpaired) electrons. The molecular formula is C14H20N6S2. The van der Waals surface area contributed by atoms with Crippen LogP contribution in [0.1, 0.15) is 16.8 Å². The monoisotopic (exact) mass is 336 g/mol. The van der Waals surface area contributed by atoms with E-state index in [9.17, 15) is 0 Å². The summed E-state index contributed by atoms with van der Waals surface area (Å²) in [6, 6.07) is 0. The van der Waals surface area contributed by atoms with Crippen LogP contribution < -0.4 is 10.6 Å². The number of hydrogen-bond donors (Lipinski definition) is 1. The average molecular weight is 336 g/mol. The van der Waals surface area contributed by atoms with Crippen molar-refractivity contribution in [3.05, 3.63) is 27.7 Å². The first-order valence-corrected chi connectivity index (χ1v) is 9.08. The minimum atomic E-state index is 0.573. The van der Waals surface area contributed by atoms with Crippen LogP contribution in [0.15, 0.2) is 22.8 Å². The quantitative estimate of drug-likeness (QED) is 0.681. The van der Waals surface area contributed by atoms with Crippen molar-refractivity contribution >= 4 is 33.8 Å². The molecule has 1 aliphatic heterocycles. The van der Waals surface area contributed by atoms with Crippen molar-refractivity contribution in [3.63, 3.8) is 0 Å². The third-order valence-corrected chi connectivity index (χ3v) is 5.58. The number of nitrogens with zero attached hydrogens (tertiary/aromatic N) is 5. The van der Waals surface area contributed by atoms with Crippen LogP contribution in [0.2, 0.25) is 0 Å². The van der Waals surface area contributed by atoms with E-state index < -0.39 is 0 Å². The molecule has 0 aliphatic carbocycles. The second kappa shape index (κ2) is 7.06. The van der Waals surface area contributed by atoms with E-state index in [0.717, 1.165) is 42.7 Å². The SMILES string of the molecule is CCc1cnc(CN=C(N)N2CCN(c3nccs3)CC2)s1. The number of aryl methyl sites for hydroxylation is 1. The lowest BCUT2D eigenvalue weighted by molar-refractivity contribution is 0.380. The van der Waals surface area contributed by atoms with E-state index in [1.165, 1.54) is 4.88 Å². The summed E-state index contributed by atoms with van der Waals surface area (Å²) >= 11 is 3.39. The number of nitrogens with two attached hydrogens (primary N) is 1. The van der Waals surface area contributed by atoms with Crippen molar-refractivity contribution in [3.8, 4) is 0 Å². The Hall–Kier alpha value is -1.67. The predicted molar refractivity (Wildman–Crippen MR) is 92.7 cm³/mol. The lowest BCUT2D eigenvalue weighted by Crippen LogP contribution is -2.51. The minimum Gasteiger partial charge on any atom is -0.370 e. The fourth-order valence-corrected chi connectivity index (χ4v) is 3.82. The number of aromatic nitrogens is 2. The number of aliphatic imine (C=N–C) groups is 1. The number of anilines is 1. The molecule has 0 unspecified atom stereocenters. The highest BCUT2D eigenvalue weighted by Gasteiger charge is 2.19. The Labute approximate surface area is 138 Å². The van der Waals surface area contributed by atoms with E-state index in [-0.39, 0.29) is 0 Å². The largest absolute Gasteiger partial charge is 0.370 e.